The zero-order valence-electron chi connectivity index (χ0n) is 10.2. The highest BCUT2D eigenvalue weighted by Crippen LogP contribution is 2.29. The summed E-state index contributed by atoms with van der Waals surface area (Å²) in [6.07, 6.45) is -4.39. The Morgan fingerprint density at radius 3 is 2.22 bits per heavy atom. The predicted molar refractivity (Wildman–Crippen MR) is 62.1 cm³/mol. The Hall–Kier alpha value is -1.56. The first-order valence-corrected chi connectivity index (χ1v) is 5.42. The van der Waals surface area contributed by atoms with E-state index < -0.39 is 11.7 Å². The number of amides is 1. The van der Waals surface area contributed by atoms with Gasteiger partial charge in [-0.2, -0.15) is 13.2 Å². The van der Waals surface area contributed by atoms with Crippen LogP contribution in [0, 0.1) is 0 Å². The van der Waals surface area contributed by atoms with Crippen LogP contribution >= 0.6 is 0 Å². The van der Waals surface area contributed by atoms with Gasteiger partial charge in [0.25, 0.3) is 5.91 Å². The number of hydrogen-bond donors (Lipinski definition) is 1. The number of nitrogens with zero attached hydrogens (tertiary/aromatic N) is 1. The minimum Gasteiger partial charge on any atom is -0.338 e. The number of alkyl halides is 3. The van der Waals surface area contributed by atoms with Crippen molar-refractivity contribution in [3.8, 4) is 0 Å². The fourth-order valence-electron chi connectivity index (χ4n) is 1.36. The second kappa shape index (κ2) is 5.39. The van der Waals surface area contributed by atoms with E-state index in [1.807, 2.05) is 0 Å². The molecule has 2 N–H and O–H groups in total. The SMILES string of the molecule is CC(CN)N(C)C(=O)c1ccc(C(F)(F)F)cc1. The number of halogens is 3. The van der Waals surface area contributed by atoms with Crippen LogP contribution < -0.4 is 5.73 Å². The molecule has 1 aromatic carbocycles. The van der Waals surface area contributed by atoms with E-state index in [2.05, 4.69) is 0 Å². The minimum atomic E-state index is -4.39. The van der Waals surface area contributed by atoms with Gasteiger partial charge < -0.3 is 10.6 Å². The Kier molecular flexibility index (Phi) is 4.34. The standard InChI is InChI=1S/C12H15F3N2O/c1-8(7-16)17(2)11(18)9-3-5-10(6-4-9)12(13,14)15/h3-6,8H,7,16H2,1-2H3. The number of carbonyl (C=O) groups excluding carboxylic acids is 1. The number of likely N-dealkylation sites (N-methyl/N-ethyl adjacent to an activating group) is 1. The smallest absolute Gasteiger partial charge is 0.338 e. The second-order valence-electron chi connectivity index (χ2n) is 4.08. The van der Waals surface area contributed by atoms with Crippen LogP contribution in [0.2, 0.25) is 0 Å². The average molecular weight is 260 g/mol. The molecular weight excluding hydrogens is 245 g/mol. The van der Waals surface area contributed by atoms with Crippen molar-refractivity contribution in [2.45, 2.75) is 19.1 Å². The Morgan fingerprint density at radius 2 is 1.83 bits per heavy atom. The number of nitrogens with two attached hydrogens (primary N) is 1. The zero-order valence-corrected chi connectivity index (χ0v) is 10.2. The van der Waals surface area contributed by atoms with E-state index in [0.29, 0.717) is 6.54 Å². The molecule has 0 saturated heterocycles. The summed E-state index contributed by atoms with van der Waals surface area (Å²) in [5.74, 6) is -0.346. The minimum absolute atomic E-state index is 0.167. The molecule has 1 amide bonds. The molecule has 0 aliphatic heterocycles. The second-order valence-corrected chi connectivity index (χ2v) is 4.08. The zero-order chi connectivity index (χ0) is 13.9. The van der Waals surface area contributed by atoms with Crippen molar-refractivity contribution in [3.63, 3.8) is 0 Å². The van der Waals surface area contributed by atoms with Gasteiger partial charge in [-0.15, -0.1) is 0 Å². The lowest BCUT2D eigenvalue weighted by Crippen LogP contribution is -2.39. The Morgan fingerprint density at radius 1 is 1.33 bits per heavy atom. The third-order valence-corrected chi connectivity index (χ3v) is 2.78. The van der Waals surface area contributed by atoms with Crippen LogP contribution in [-0.2, 0) is 6.18 Å². The third-order valence-electron chi connectivity index (χ3n) is 2.78. The molecule has 0 aliphatic rings. The van der Waals surface area contributed by atoms with E-state index in [4.69, 9.17) is 5.73 Å². The van der Waals surface area contributed by atoms with Crippen molar-refractivity contribution < 1.29 is 18.0 Å². The quantitative estimate of drug-likeness (QED) is 0.904. The van der Waals surface area contributed by atoms with Gasteiger partial charge in [0.2, 0.25) is 0 Å². The summed E-state index contributed by atoms with van der Waals surface area (Å²) in [7, 11) is 1.57. The van der Waals surface area contributed by atoms with Gasteiger partial charge in [-0.05, 0) is 31.2 Å². The van der Waals surface area contributed by atoms with Crippen LogP contribution in [-0.4, -0.2) is 30.4 Å². The molecule has 3 nitrogen and oxygen atoms in total. The van der Waals surface area contributed by atoms with E-state index in [-0.39, 0.29) is 17.5 Å². The van der Waals surface area contributed by atoms with E-state index in [1.54, 1.807) is 14.0 Å². The number of carbonyl (C=O) groups is 1. The highest BCUT2D eigenvalue weighted by atomic mass is 19.4. The molecule has 1 atom stereocenters. The molecule has 100 valence electrons. The monoisotopic (exact) mass is 260 g/mol. The number of rotatable bonds is 3. The maximum atomic E-state index is 12.4. The third kappa shape index (κ3) is 3.22. The fraction of sp³-hybridized carbons (Fsp3) is 0.417. The highest BCUT2D eigenvalue weighted by molar-refractivity contribution is 5.94. The van der Waals surface area contributed by atoms with Crippen molar-refractivity contribution in [2.75, 3.05) is 13.6 Å². The summed E-state index contributed by atoms with van der Waals surface area (Å²) in [6, 6.07) is 3.97. The van der Waals surface area contributed by atoms with Crippen molar-refractivity contribution >= 4 is 5.91 Å². The topological polar surface area (TPSA) is 46.3 Å². The first-order valence-electron chi connectivity index (χ1n) is 5.42. The maximum Gasteiger partial charge on any atom is 0.416 e. The Bertz CT molecular complexity index is 414. The lowest BCUT2D eigenvalue weighted by Gasteiger charge is -2.23. The summed E-state index contributed by atoms with van der Waals surface area (Å²) in [5, 5.41) is 0. The molecule has 0 aliphatic carbocycles. The maximum absolute atomic E-state index is 12.4. The molecule has 0 fully saturated rings. The molecule has 1 unspecified atom stereocenters. The van der Waals surface area contributed by atoms with Crippen molar-refractivity contribution in [3.05, 3.63) is 35.4 Å². The number of benzene rings is 1. The van der Waals surface area contributed by atoms with Gasteiger partial charge in [-0.1, -0.05) is 0 Å². The summed E-state index contributed by atoms with van der Waals surface area (Å²) >= 11 is 0. The molecule has 0 spiro atoms. The predicted octanol–water partition coefficient (Wildman–Crippen LogP) is 2.12. The molecular formula is C12H15F3N2O. The van der Waals surface area contributed by atoms with Crippen LogP contribution in [0.4, 0.5) is 13.2 Å². The molecule has 0 radical (unpaired) electrons. The fourth-order valence-corrected chi connectivity index (χ4v) is 1.36. The van der Waals surface area contributed by atoms with Gasteiger partial charge in [0.15, 0.2) is 0 Å². The van der Waals surface area contributed by atoms with Crippen LogP contribution in [0.15, 0.2) is 24.3 Å². The molecule has 1 aromatic rings. The summed E-state index contributed by atoms with van der Waals surface area (Å²) in [6.45, 7) is 2.06. The lowest BCUT2D eigenvalue weighted by atomic mass is 10.1. The Balaban J connectivity index is 2.89. The normalized spacial score (nSPS) is 13.2. The van der Waals surface area contributed by atoms with Crippen LogP contribution in [0.5, 0.6) is 0 Å². The first kappa shape index (κ1) is 14.5. The van der Waals surface area contributed by atoms with Crippen LogP contribution in [0.3, 0.4) is 0 Å². The highest BCUT2D eigenvalue weighted by Gasteiger charge is 2.30. The first-order chi connectivity index (χ1) is 8.27. The van der Waals surface area contributed by atoms with Gasteiger partial charge in [0, 0.05) is 25.2 Å². The van der Waals surface area contributed by atoms with Gasteiger partial charge in [-0.3, -0.25) is 4.79 Å². The molecule has 0 bridgehead atoms. The number of hydrogen-bond acceptors (Lipinski definition) is 2. The molecule has 6 heteroatoms. The van der Waals surface area contributed by atoms with Crippen molar-refractivity contribution in [1.29, 1.82) is 0 Å². The van der Waals surface area contributed by atoms with E-state index in [0.717, 1.165) is 12.1 Å². The van der Waals surface area contributed by atoms with E-state index >= 15 is 0 Å². The Labute approximate surface area is 103 Å². The largest absolute Gasteiger partial charge is 0.416 e. The van der Waals surface area contributed by atoms with Gasteiger partial charge in [-0.25, -0.2) is 0 Å². The van der Waals surface area contributed by atoms with Crippen molar-refractivity contribution in [1.82, 2.24) is 4.90 Å². The van der Waals surface area contributed by atoms with Gasteiger partial charge >= 0.3 is 6.18 Å². The summed E-state index contributed by atoms with van der Waals surface area (Å²) in [5.41, 5.74) is 4.87. The molecule has 0 saturated carbocycles. The lowest BCUT2D eigenvalue weighted by molar-refractivity contribution is -0.137. The molecule has 18 heavy (non-hydrogen) atoms. The van der Waals surface area contributed by atoms with Crippen LogP contribution in [0.1, 0.15) is 22.8 Å². The molecule has 0 heterocycles. The summed E-state index contributed by atoms with van der Waals surface area (Å²) in [4.78, 5) is 13.3. The average Bonchev–Trinajstić information content (AvgIpc) is 2.35. The van der Waals surface area contributed by atoms with Gasteiger partial charge in [0.05, 0.1) is 5.56 Å². The van der Waals surface area contributed by atoms with E-state index in [9.17, 15) is 18.0 Å². The van der Waals surface area contributed by atoms with E-state index in [1.165, 1.54) is 17.0 Å². The van der Waals surface area contributed by atoms with Gasteiger partial charge in [0.1, 0.15) is 0 Å². The molecule has 1 rings (SSSR count). The molecule has 0 aromatic heterocycles. The van der Waals surface area contributed by atoms with Crippen molar-refractivity contribution in [2.24, 2.45) is 5.73 Å². The summed E-state index contributed by atoms with van der Waals surface area (Å²) < 4.78 is 37.1. The van der Waals surface area contributed by atoms with Crippen LogP contribution in [0.25, 0.3) is 0 Å².